The van der Waals surface area contributed by atoms with Gasteiger partial charge >= 0.3 is 0 Å². The van der Waals surface area contributed by atoms with Crippen molar-refractivity contribution in [1.82, 2.24) is 10.2 Å². The second kappa shape index (κ2) is 6.50. The van der Waals surface area contributed by atoms with Gasteiger partial charge in [-0.1, -0.05) is 25.1 Å². The Kier molecular flexibility index (Phi) is 4.36. The number of amides is 2. The molecule has 1 saturated carbocycles. The SMILES string of the molecule is CC1(C)CC(=O)N(C[C@@]2(C)CC2C(=O)N[C@H]2CCOc3ccccc32)C(N)=N1. The fraction of sp³-hybridized carbons (Fsp3) is 0.571. The van der Waals surface area contributed by atoms with Gasteiger partial charge in [0, 0.05) is 24.4 Å². The van der Waals surface area contributed by atoms with E-state index in [9.17, 15) is 9.59 Å². The molecule has 1 unspecified atom stereocenters. The van der Waals surface area contributed by atoms with Crippen LogP contribution in [-0.2, 0) is 9.59 Å². The molecular weight excluding hydrogens is 356 g/mol. The molecule has 2 heterocycles. The number of rotatable bonds is 4. The molecule has 0 aromatic heterocycles. The minimum atomic E-state index is -0.463. The number of hydrogen-bond donors (Lipinski definition) is 2. The van der Waals surface area contributed by atoms with Gasteiger partial charge in [0.25, 0.3) is 0 Å². The smallest absolute Gasteiger partial charge is 0.231 e. The summed E-state index contributed by atoms with van der Waals surface area (Å²) < 4.78 is 5.67. The lowest BCUT2D eigenvalue weighted by molar-refractivity contribution is -0.130. The Balaban J connectivity index is 1.41. The maximum Gasteiger partial charge on any atom is 0.231 e. The highest BCUT2D eigenvalue weighted by Crippen LogP contribution is 2.53. The average molecular weight is 384 g/mol. The maximum atomic E-state index is 12.9. The second-order valence-electron chi connectivity index (χ2n) is 9.09. The van der Waals surface area contributed by atoms with Gasteiger partial charge in [-0.25, -0.2) is 4.99 Å². The van der Waals surface area contributed by atoms with Gasteiger partial charge < -0.3 is 15.8 Å². The summed E-state index contributed by atoms with van der Waals surface area (Å²) in [4.78, 5) is 31.4. The lowest BCUT2D eigenvalue weighted by atomic mass is 9.97. The van der Waals surface area contributed by atoms with Crippen LogP contribution in [0.2, 0.25) is 0 Å². The zero-order valence-electron chi connectivity index (χ0n) is 16.7. The molecule has 4 rings (SSSR count). The van der Waals surface area contributed by atoms with Crippen LogP contribution in [0.5, 0.6) is 5.75 Å². The highest BCUT2D eigenvalue weighted by atomic mass is 16.5. The van der Waals surface area contributed by atoms with E-state index in [1.165, 1.54) is 0 Å². The van der Waals surface area contributed by atoms with Crippen LogP contribution in [0.15, 0.2) is 29.3 Å². The molecule has 7 nitrogen and oxygen atoms in total. The number of fused-ring (bicyclic) bond motifs is 1. The number of ether oxygens (including phenoxy) is 1. The van der Waals surface area contributed by atoms with Crippen molar-refractivity contribution in [2.45, 2.75) is 51.6 Å². The first-order valence-electron chi connectivity index (χ1n) is 9.86. The lowest BCUT2D eigenvalue weighted by Gasteiger charge is -2.34. The summed E-state index contributed by atoms with van der Waals surface area (Å²) in [5.74, 6) is 0.973. The van der Waals surface area contributed by atoms with E-state index in [0.717, 1.165) is 24.2 Å². The van der Waals surface area contributed by atoms with E-state index in [2.05, 4.69) is 10.3 Å². The third-order valence-corrected chi connectivity index (χ3v) is 6.04. The van der Waals surface area contributed by atoms with Crippen LogP contribution >= 0.6 is 0 Å². The monoisotopic (exact) mass is 384 g/mol. The van der Waals surface area contributed by atoms with Crippen molar-refractivity contribution in [2.75, 3.05) is 13.2 Å². The van der Waals surface area contributed by atoms with Gasteiger partial charge in [0.2, 0.25) is 11.8 Å². The van der Waals surface area contributed by atoms with Crippen LogP contribution in [0.4, 0.5) is 0 Å². The molecule has 1 aromatic carbocycles. The molecule has 2 amide bonds. The molecule has 1 aromatic rings. The Hall–Kier alpha value is -2.57. The summed E-state index contributed by atoms with van der Waals surface area (Å²) in [6.07, 6.45) is 1.83. The summed E-state index contributed by atoms with van der Waals surface area (Å²) >= 11 is 0. The normalized spacial score (nSPS) is 30.8. The quantitative estimate of drug-likeness (QED) is 0.829. The number of guanidine groups is 1. The fourth-order valence-corrected chi connectivity index (χ4v) is 4.29. The minimum absolute atomic E-state index is 0.0249. The van der Waals surface area contributed by atoms with Crippen molar-refractivity contribution in [3.63, 3.8) is 0 Å². The van der Waals surface area contributed by atoms with E-state index in [4.69, 9.17) is 10.5 Å². The topological polar surface area (TPSA) is 97.0 Å². The third-order valence-electron chi connectivity index (χ3n) is 6.04. The van der Waals surface area contributed by atoms with Gasteiger partial charge in [-0.15, -0.1) is 0 Å². The zero-order chi connectivity index (χ0) is 20.1. The van der Waals surface area contributed by atoms with Crippen molar-refractivity contribution in [2.24, 2.45) is 22.1 Å². The molecule has 1 fully saturated rings. The highest BCUT2D eigenvalue weighted by molar-refractivity contribution is 5.99. The molecule has 150 valence electrons. The minimum Gasteiger partial charge on any atom is -0.493 e. The van der Waals surface area contributed by atoms with Gasteiger partial charge in [-0.2, -0.15) is 0 Å². The van der Waals surface area contributed by atoms with Gasteiger partial charge in [0.15, 0.2) is 5.96 Å². The first-order valence-corrected chi connectivity index (χ1v) is 9.86. The number of para-hydroxylation sites is 1. The fourth-order valence-electron chi connectivity index (χ4n) is 4.29. The standard InChI is InChI=1S/C21H28N4O3/c1-20(2)11-17(26)25(19(22)24-20)12-21(3)10-14(21)18(27)23-15-8-9-28-16-7-5-4-6-13(15)16/h4-7,14-15H,8-12H2,1-3H3,(H2,22,24)(H,23,27)/t14?,15-,21+/m0/s1. The predicted octanol–water partition coefficient (Wildman–Crippen LogP) is 1.98. The Morgan fingerprint density at radius 1 is 1.36 bits per heavy atom. The van der Waals surface area contributed by atoms with E-state index >= 15 is 0 Å². The first kappa shape index (κ1) is 18.8. The molecule has 1 aliphatic carbocycles. The van der Waals surface area contributed by atoms with E-state index in [1.54, 1.807) is 4.90 Å². The van der Waals surface area contributed by atoms with Crippen LogP contribution in [0.1, 0.15) is 51.6 Å². The van der Waals surface area contributed by atoms with Crippen LogP contribution in [-0.4, -0.2) is 41.4 Å². The molecule has 28 heavy (non-hydrogen) atoms. The summed E-state index contributed by atoms with van der Waals surface area (Å²) in [5.41, 5.74) is 6.33. The maximum absolute atomic E-state index is 12.9. The van der Waals surface area contributed by atoms with Crippen LogP contribution in [0.3, 0.4) is 0 Å². The average Bonchev–Trinajstić information content (AvgIpc) is 3.30. The number of nitrogens with two attached hydrogens (primary N) is 1. The summed E-state index contributed by atoms with van der Waals surface area (Å²) in [6.45, 7) is 6.86. The summed E-state index contributed by atoms with van der Waals surface area (Å²) in [5, 5.41) is 3.18. The first-order chi connectivity index (χ1) is 13.2. The molecular formula is C21H28N4O3. The molecule has 0 spiro atoms. The Labute approximate surface area is 165 Å². The molecule has 0 radical (unpaired) electrons. The number of hydrogen-bond acceptors (Lipinski definition) is 5. The number of nitrogens with zero attached hydrogens (tertiary/aromatic N) is 2. The molecule has 2 aliphatic heterocycles. The summed E-state index contributed by atoms with van der Waals surface area (Å²) in [6, 6.07) is 7.78. The van der Waals surface area contributed by atoms with E-state index < -0.39 is 5.54 Å². The van der Waals surface area contributed by atoms with Crippen LogP contribution in [0, 0.1) is 11.3 Å². The molecule has 3 atom stereocenters. The zero-order valence-corrected chi connectivity index (χ0v) is 16.7. The van der Waals surface area contributed by atoms with Crippen LogP contribution < -0.4 is 15.8 Å². The van der Waals surface area contributed by atoms with E-state index in [1.807, 2.05) is 45.0 Å². The highest BCUT2D eigenvalue weighted by Gasteiger charge is 2.56. The Morgan fingerprint density at radius 2 is 2.11 bits per heavy atom. The van der Waals surface area contributed by atoms with Crippen molar-refractivity contribution in [3.05, 3.63) is 29.8 Å². The molecule has 3 aliphatic rings. The Morgan fingerprint density at radius 3 is 2.86 bits per heavy atom. The van der Waals surface area contributed by atoms with Crippen molar-refractivity contribution in [1.29, 1.82) is 0 Å². The predicted molar refractivity (Wildman–Crippen MR) is 106 cm³/mol. The van der Waals surface area contributed by atoms with Gasteiger partial charge in [0.1, 0.15) is 5.75 Å². The van der Waals surface area contributed by atoms with Crippen molar-refractivity contribution in [3.8, 4) is 5.75 Å². The molecule has 3 N–H and O–H groups in total. The van der Waals surface area contributed by atoms with Gasteiger partial charge in [-0.3, -0.25) is 14.5 Å². The molecule has 7 heteroatoms. The largest absolute Gasteiger partial charge is 0.493 e. The van der Waals surface area contributed by atoms with Crippen molar-refractivity contribution < 1.29 is 14.3 Å². The molecule has 0 bridgehead atoms. The number of carbonyl (C=O) groups is 2. The lowest BCUT2D eigenvalue weighted by Crippen LogP contribution is -2.51. The van der Waals surface area contributed by atoms with Crippen LogP contribution in [0.25, 0.3) is 0 Å². The van der Waals surface area contributed by atoms with Crippen molar-refractivity contribution >= 4 is 17.8 Å². The third kappa shape index (κ3) is 3.45. The number of benzene rings is 1. The second-order valence-corrected chi connectivity index (χ2v) is 9.09. The van der Waals surface area contributed by atoms with E-state index in [0.29, 0.717) is 19.6 Å². The van der Waals surface area contributed by atoms with E-state index in [-0.39, 0.29) is 35.1 Å². The van der Waals surface area contributed by atoms with Gasteiger partial charge in [0.05, 0.1) is 24.6 Å². The number of nitrogens with one attached hydrogen (secondary N) is 1. The van der Waals surface area contributed by atoms with Gasteiger partial charge in [-0.05, 0) is 31.7 Å². The molecule has 0 saturated heterocycles. The number of aliphatic imine (C=N–C) groups is 1. The Bertz CT molecular complexity index is 850. The summed E-state index contributed by atoms with van der Waals surface area (Å²) in [7, 11) is 0. The number of carbonyl (C=O) groups excluding carboxylic acids is 2.